The number of benzene rings is 2. The molecule has 180 valence electrons. The molecule has 0 spiro atoms. The van der Waals surface area contributed by atoms with Crippen molar-refractivity contribution in [1.29, 1.82) is 0 Å². The third-order valence-corrected chi connectivity index (χ3v) is 6.98. The number of esters is 1. The van der Waals surface area contributed by atoms with Gasteiger partial charge in [-0.1, -0.05) is 56.7 Å². The fourth-order valence-corrected chi connectivity index (χ4v) is 5.00. The Labute approximate surface area is 194 Å². The summed E-state index contributed by atoms with van der Waals surface area (Å²) in [7, 11) is 3.39. The highest BCUT2D eigenvalue weighted by Gasteiger charge is 2.38. The summed E-state index contributed by atoms with van der Waals surface area (Å²) >= 11 is 0. The number of nitrogens with zero attached hydrogens (tertiary/aromatic N) is 1. The Hall–Kier alpha value is -2.34. The summed E-state index contributed by atoms with van der Waals surface area (Å²) in [5.74, 6) is 0.310. The highest BCUT2D eigenvalue weighted by Crippen LogP contribution is 2.41. The SMILES string of the molecule is Cc1ccc(C(F)(F)F)cc1[C@@H](C(=O)O[C@@H]1C[C@H](C)CC[C@H]1[C@H](C)c1ccccc1)N(C)C. The van der Waals surface area contributed by atoms with E-state index >= 15 is 0 Å². The molecule has 0 unspecified atom stereocenters. The van der Waals surface area contributed by atoms with Crippen molar-refractivity contribution in [3.63, 3.8) is 0 Å². The first-order valence-corrected chi connectivity index (χ1v) is 11.6. The summed E-state index contributed by atoms with van der Waals surface area (Å²) < 4.78 is 46.2. The van der Waals surface area contributed by atoms with Crippen LogP contribution in [0.3, 0.4) is 0 Å². The molecule has 1 fully saturated rings. The minimum absolute atomic E-state index is 0.165. The molecule has 1 aliphatic rings. The van der Waals surface area contributed by atoms with Crippen molar-refractivity contribution in [2.45, 2.75) is 64.3 Å². The van der Waals surface area contributed by atoms with Gasteiger partial charge in [-0.3, -0.25) is 4.90 Å². The van der Waals surface area contributed by atoms with Crippen LogP contribution in [0.4, 0.5) is 13.2 Å². The molecule has 2 aromatic rings. The number of rotatable bonds is 6. The lowest BCUT2D eigenvalue weighted by Crippen LogP contribution is -2.39. The number of ether oxygens (including phenoxy) is 1. The largest absolute Gasteiger partial charge is 0.461 e. The minimum atomic E-state index is -4.47. The van der Waals surface area contributed by atoms with E-state index in [9.17, 15) is 18.0 Å². The van der Waals surface area contributed by atoms with Gasteiger partial charge < -0.3 is 4.74 Å². The lowest BCUT2D eigenvalue weighted by Gasteiger charge is -2.39. The second kappa shape index (κ2) is 10.3. The lowest BCUT2D eigenvalue weighted by atomic mass is 9.73. The van der Waals surface area contributed by atoms with E-state index in [2.05, 4.69) is 26.0 Å². The number of likely N-dealkylation sites (N-methyl/N-ethyl adjacent to an activating group) is 1. The van der Waals surface area contributed by atoms with E-state index in [1.54, 1.807) is 25.9 Å². The summed E-state index contributed by atoms with van der Waals surface area (Å²) in [6, 6.07) is 12.8. The van der Waals surface area contributed by atoms with Gasteiger partial charge in [0.2, 0.25) is 0 Å². The molecule has 0 amide bonds. The quantitative estimate of drug-likeness (QED) is 0.445. The normalized spacial score (nSPS) is 23.2. The van der Waals surface area contributed by atoms with E-state index in [1.165, 1.54) is 11.6 Å². The topological polar surface area (TPSA) is 29.5 Å². The van der Waals surface area contributed by atoms with Crippen LogP contribution in [0.25, 0.3) is 0 Å². The van der Waals surface area contributed by atoms with Crippen molar-refractivity contribution in [3.05, 3.63) is 70.8 Å². The summed E-state index contributed by atoms with van der Waals surface area (Å²) in [6.07, 6.45) is -1.97. The zero-order valence-corrected chi connectivity index (χ0v) is 20.0. The van der Waals surface area contributed by atoms with Crippen molar-refractivity contribution < 1.29 is 22.7 Å². The van der Waals surface area contributed by atoms with Crippen LogP contribution in [-0.2, 0) is 15.7 Å². The fraction of sp³-hybridized carbons (Fsp3) is 0.519. The Morgan fingerprint density at radius 1 is 1.09 bits per heavy atom. The van der Waals surface area contributed by atoms with Gasteiger partial charge >= 0.3 is 12.1 Å². The predicted octanol–water partition coefficient (Wildman–Crippen LogP) is 6.77. The molecule has 1 saturated carbocycles. The molecular weight excluding hydrogens is 427 g/mol. The lowest BCUT2D eigenvalue weighted by molar-refractivity contribution is -0.161. The van der Waals surface area contributed by atoms with Gasteiger partial charge in [0.1, 0.15) is 12.1 Å². The van der Waals surface area contributed by atoms with Gasteiger partial charge in [0.05, 0.1) is 5.56 Å². The van der Waals surface area contributed by atoms with Crippen molar-refractivity contribution >= 4 is 5.97 Å². The molecule has 0 aliphatic heterocycles. The van der Waals surface area contributed by atoms with E-state index < -0.39 is 23.8 Å². The molecule has 0 bridgehead atoms. The van der Waals surface area contributed by atoms with E-state index in [1.807, 2.05) is 18.2 Å². The molecule has 33 heavy (non-hydrogen) atoms. The molecule has 5 atom stereocenters. The summed E-state index contributed by atoms with van der Waals surface area (Å²) in [5.41, 5.74) is 1.40. The standard InChI is InChI=1S/C27H34F3NO2/c1-17-11-14-22(19(3)20-9-7-6-8-10-20)24(15-17)33-26(32)25(31(4)5)23-16-21(27(28,29)30)13-12-18(23)2/h6-10,12-13,16-17,19,22,24-25H,11,14-15H2,1-5H3/t17-,19-,22+,24-,25+/m1/s1. The van der Waals surface area contributed by atoms with Gasteiger partial charge in [0, 0.05) is 5.92 Å². The van der Waals surface area contributed by atoms with Crippen LogP contribution in [0.1, 0.15) is 67.3 Å². The first-order chi connectivity index (χ1) is 15.5. The molecule has 0 aromatic heterocycles. The molecule has 2 aromatic carbocycles. The van der Waals surface area contributed by atoms with E-state index in [0.29, 0.717) is 17.0 Å². The highest BCUT2D eigenvalue weighted by molar-refractivity contribution is 5.78. The van der Waals surface area contributed by atoms with Crippen molar-refractivity contribution in [2.75, 3.05) is 14.1 Å². The molecule has 1 aliphatic carbocycles. The van der Waals surface area contributed by atoms with Crippen molar-refractivity contribution in [3.8, 4) is 0 Å². The van der Waals surface area contributed by atoms with Gasteiger partial charge in [-0.25, -0.2) is 4.79 Å². The van der Waals surface area contributed by atoms with E-state index in [-0.39, 0.29) is 17.9 Å². The van der Waals surface area contributed by atoms with Gasteiger partial charge in [-0.15, -0.1) is 0 Å². The zero-order chi connectivity index (χ0) is 24.3. The average molecular weight is 462 g/mol. The maximum Gasteiger partial charge on any atom is 0.416 e. The number of hydrogen-bond acceptors (Lipinski definition) is 3. The van der Waals surface area contributed by atoms with Crippen LogP contribution in [0.5, 0.6) is 0 Å². The Kier molecular flexibility index (Phi) is 7.88. The summed E-state index contributed by atoms with van der Waals surface area (Å²) in [6.45, 7) is 6.05. The highest BCUT2D eigenvalue weighted by atomic mass is 19.4. The molecule has 0 N–H and O–H groups in total. The third-order valence-electron chi connectivity index (χ3n) is 6.98. The van der Waals surface area contributed by atoms with Gasteiger partial charge in [-0.05, 0) is 74.5 Å². The van der Waals surface area contributed by atoms with Gasteiger partial charge in [-0.2, -0.15) is 13.2 Å². The molecule has 0 radical (unpaired) electrons. The maximum absolute atomic E-state index is 13.4. The number of alkyl halides is 3. The second-order valence-corrected chi connectivity index (χ2v) is 9.69. The summed E-state index contributed by atoms with van der Waals surface area (Å²) in [4.78, 5) is 15.1. The van der Waals surface area contributed by atoms with Crippen molar-refractivity contribution in [1.82, 2.24) is 4.90 Å². The monoisotopic (exact) mass is 461 g/mol. The van der Waals surface area contributed by atoms with E-state index in [0.717, 1.165) is 31.4 Å². The molecule has 3 rings (SSSR count). The van der Waals surface area contributed by atoms with Crippen LogP contribution in [0.2, 0.25) is 0 Å². The van der Waals surface area contributed by atoms with Crippen LogP contribution in [0, 0.1) is 18.8 Å². The summed E-state index contributed by atoms with van der Waals surface area (Å²) in [5, 5.41) is 0. The predicted molar refractivity (Wildman–Crippen MR) is 124 cm³/mol. The molecular formula is C27H34F3NO2. The molecule has 3 nitrogen and oxygen atoms in total. The van der Waals surface area contributed by atoms with Crippen LogP contribution in [-0.4, -0.2) is 31.1 Å². The molecule has 0 heterocycles. The number of halogens is 3. The number of aryl methyl sites for hydroxylation is 1. The Bertz CT molecular complexity index is 942. The Balaban J connectivity index is 1.88. The first kappa shape index (κ1) is 25.3. The maximum atomic E-state index is 13.4. The second-order valence-electron chi connectivity index (χ2n) is 9.69. The fourth-order valence-electron chi connectivity index (χ4n) is 5.00. The van der Waals surface area contributed by atoms with Crippen molar-refractivity contribution in [2.24, 2.45) is 11.8 Å². The third kappa shape index (κ3) is 5.97. The zero-order valence-electron chi connectivity index (χ0n) is 20.0. The molecule has 6 heteroatoms. The minimum Gasteiger partial charge on any atom is -0.461 e. The van der Waals surface area contributed by atoms with Crippen LogP contribution in [0.15, 0.2) is 48.5 Å². The smallest absolute Gasteiger partial charge is 0.416 e. The van der Waals surface area contributed by atoms with E-state index in [4.69, 9.17) is 4.74 Å². The molecule has 0 saturated heterocycles. The van der Waals surface area contributed by atoms with Gasteiger partial charge in [0.15, 0.2) is 0 Å². The first-order valence-electron chi connectivity index (χ1n) is 11.6. The Morgan fingerprint density at radius 2 is 1.76 bits per heavy atom. The number of carbonyl (C=O) groups excluding carboxylic acids is 1. The van der Waals surface area contributed by atoms with Gasteiger partial charge in [0.25, 0.3) is 0 Å². The van der Waals surface area contributed by atoms with Crippen LogP contribution < -0.4 is 0 Å². The Morgan fingerprint density at radius 3 is 2.36 bits per heavy atom. The van der Waals surface area contributed by atoms with Crippen LogP contribution >= 0.6 is 0 Å². The number of hydrogen-bond donors (Lipinski definition) is 0. The average Bonchev–Trinajstić information content (AvgIpc) is 2.74. The number of carbonyl (C=O) groups is 1.